The molecule has 2 N–H and O–H groups in total. The summed E-state index contributed by atoms with van der Waals surface area (Å²) in [4.78, 5) is 11.6. The molecule has 0 radical (unpaired) electrons. The Morgan fingerprint density at radius 2 is 2.05 bits per heavy atom. The number of ether oxygens (including phenoxy) is 2. The van der Waals surface area contributed by atoms with Gasteiger partial charge >= 0.3 is 0 Å². The third kappa shape index (κ3) is 4.13. The predicted octanol–water partition coefficient (Wildman–Crippen LogP) is 1.07. The van der Waals surface area contributed by atoms with Crippen LogP contribution < -0.4 is 20.1 Å². The first kappa shape index (κ1) is 13.7. The lowest BCUT2D eigenvalue weighted by Gasteiger charge is -2.19. The Morgan fingerprint density at radius 3 is 2.84 bits per heavy atom. The Kier molecular flexibility index (Phi) is 5.03. The van der Waals surface area contributed by atoms with Crippen molar-refractivity contribution in [3.05, 3.63) is 23.8 Å². The van der Waals surface area contributed by atoms with Crippen molar-refractivity contribution in [1.29, 1.82) is 0 Å². The first-order chi connectivity index (χ1) is 9.29. The molecule has 1 aliphatic rings. The van der Waals surface area contributed by atoms with Gasteiger partial charge < -0.3 is 20.1 Å². The van der Waals surface area contributed by atoms with Crippen molar-refractivity contribution >= 4 is 5.91 Å². The molecule has 5 nitrogen and oxygen atoms in total. The maximum Gasteiger partial charge on any atom is 0.220 e. The minimum absolute atomic E-state index is 0.0742. The first-order valence-corrected chi connectivity index (χ1v) is 6.59. The number of hydrogen-bond donors (Lipinski definition) is 2. The number of amides is 1. The van der Waals surface area contributed by atoms with Crippen molar-refractivity contribution in [2.75, 3.05) is 26.8 Å². The first-order valence-electron chi connectivity index (χ1n) is 6.59. The fourth-order valence-electron chi connectivity index (χ4n) is 1.91. The molecule has 0 unspecified atom stereocenters. The largest absolute Gasteiger partial charge is 0.486 e. The number of carbonyl (C=O) groups is 1. The van der Waals surface area contributed by atoms with E-state index in [9.17, 15) is 4.79 Å². The second-order valence-corrected chi connectivity index (χ2v) is 4.46. The molecule has 0 saturated heterocycles. The molecule has 0 aliphatic carbocycles. The Labute approximate surface area is 113 Å². The summed E-state index contributed by atoms with van der Waals surface area (Å²) < 4.78 is 11.0. The highest BCUT2D eigenvalue weighted by molar-refractivity contribution is 5.75. The monoisotopic (exact) mass is 264 g/mol. The molecule has 0 spiro atoms. The molecule has 0 bridgehead atoms. The van der Waals surface area contributed by atoms with E-state index in [0.717, 1.165) is 30.0 Å². The van der Waals surface area contributed by atoms with Crippen molar-refractivity contribution in [2.45, 2.75) is 19.4 Å². The van der Waals surface area contributed by atoms with Crippen molar-refractivity contribution < 1.29 is 14.3 Å². The predicted molar refractivity (Wildman–Crippen MR) is 72.4 cm³/mol. The van der Waals surface area contributed by atoms with Gasteiger partial charge in [-0.3, -0.25) is 4.79 Å². The van der Waals surface area contributed by atoms with Crippen LogP contribution in [0, 0.1) is 0 Å². The van der Waals surface area contributed by atoms with E-state index in [-0.39, 0.29) is 5.91 Å². The van der Waals surface area contributed by atoms with Crippen LogP contribution in [0.3, 0.4) is 0 Å². The summed E-state index contributed by atoms with van der Waals surface area (Å²) >= 11 is 0. The van der Waals surface area contributed by atoms with Crippen molar-refractivity contribution in [1.82, 2.24) is 10.6 Å². The van der Waals surface area contributed by atoms with Gasteiger partial charge in [0.05, 0.1) is 0 Å². The summed E-state index contributed by atoms with van der Waals surface area (Å²) in [7, 11) is 1.88. The zero-order valence-corrected chi connectivity index (χ0v) is 11.2. The molecule has 0 saturated carbocycles. The quantitative estimate of drug-likeness (QED) is 0.755. The van der Waals surface area contributed by atoms with Gasteiger partial charge in [0.25, 0.3) is 0 Å². The topological polar surface area (TPSA) is 59.6 Å². The Hall–Kier alpha value is -1.75. The van der Waals surface area contributed by atoms with Gasteiger partial charge in [-0.2, -0.15) is 0 Å². The van der Waals surface area contributed by atoms with Gasteiger partial charge in [0.1, 0.15) is 13.2 Å². The lowest BCUT2D eigenvalue weighted by atomic mass is 10.2. The molecule has 5 heteroatoms. The van der Waals surface area contributed by atoms with Gasteiger partial charge in [0.15, 0.2) is 11.5 Å². The highest BCUT2D eigenvalue weighted by atomic mass is 16.6. The van der Waals surface area contributed by atoms with Crippen molar-refractivity contribution in [3.63, 3.8) is 0 Å². The van der Waals surface area contributed by atoms with E-state index >= 15 is 0 Å². The number of hydrogen-bond acceptors (Lipinski definition) is 4. The lowest BCUT2D eigenvalue weighted by molar-refractivity contribution is -0.121. The van der Waals surface area contributed by atoms with Gasteiger partial charge in [-0.05, 0) is 37.7 Å². The molecule has 104 valence electrons. The van der Waals surface area contributed by atoms with E-state index in [4.69, 9.17) is 9.47 Å². The van der Waals surface area contributed by atoms with Crippen LogP contribution >= 0.6 is 0 Å². The second-order valence-electron chi connectivity index (χ2n) is 4.46. The average Bonchev–Trinajstić information content (AvgIpc) is 2.45. The van der Waals surface area contributed by atoms with Gasteiger partial charge in [-0.15, -0.1) is 0 Å². The van der Waals surface area contributed by atoms with Crippen LogP contribution in [0.1, 0.15) is 18.4 Å². The smallest absolute Gasteiger partial charge is 0.220 e. The molecule has 0 aromatic heterocycles. The number of carbonyl (C=O) groups excluding carboxylic acids is 1. The molecule has 0 fully saturated rings. The fraction of sp³-hybridized carbons (Fsp3) is 0.500. The third-order valence-electron chi connectivity index (χ3n) is 2.93. The number of nitrogens with one attached hydrogen (secondary N) is 2. The average molecular weight is 264 g/mol. The molecule has 1 aromatic rings. The molecule has 1 aromatic carbocycles. The second kappa shape index (κ2) is 6.99. The van der Waals surface area contributed by atoms with Crippen molar-refractivity contribution in [2.24, 2.45) is 0 Å². The van der Waals surface area contributed by atoms with Gasteiger partial charge in [-0.25, -0.2) is 0 Å². The molecular weight excluding hydrogens is 244 g/mol. The van der Waals surface area contributed by atoms with Crippen LogP contribution in [0.4, 0.5) is 0 Å². The van der Waals surface area contributed by atoms with Gasteiger partial charge in [-0.1, -0.05) is 6.07 Å². The van der Waals surface area contributed by atoms with Crippen LogP contribution in [0.15, 0.2) is 18.2 Å². The molecular formula is C14H20N2O3. The lowest BCUT2D eigenvalue weighted by Crippen LogP contribution is -2.24. The third-order valence-corrected chi connectivity index (χ3v) is 2.93. The van der Waals surface area contributed by atoms with Crippen LogP contribution in [0.25, 0.3) is 0 Å². The van der Waals surface area contributed by atoms with Gasteiger partial charge in [0.2, 0.25) is 5.91 Å². The Morgan fingerprint density at radius 1 is 1.26 bits per heavy atom. The summed E-state index contributed by atoms with van der Waals surface area (Å²) in [6.45, 7) is 2.55. The van der Waals surface area contributed by atoms with E-state index in [2.05, 4.69) is 10.6 Å². The Bertz CT molecular complexity index is 435. The molecule has 2 rings (SSSR count). The molecule has 1 heterocycles. The summed E-state index contributed by atoms with van der Waals surface area (Å²) in [6.07, 6.45) is 1.40. The van der Waals surface area contributed by atoms with Crippen LogP contribution in [-0.4, -0.2) is 32.7 Å². The normalized spacial score (nSPS) is 13.1. The SMILES string of the molecule is CNCCCC(=O)NCc1ccc2c(c1)OCCO2. The van der Waals surface area contributed by atoms with Crippen LogP contribution in [0.5, 0.6) is 11.5 Å². The number of rotatable bonds is 6. The number of fused-ring (bicyclic) bond motifs is 1. The highest BCUT2D eigenvalue weighted by Crippen LogP contribution is 2.30. The highest BCUT2D eigenvalue weighted by Gasteiger charge is 2.11. The van der Waals surface area contributed by atoms with E-state index in [1.807, 2.05) is 25.2 Å². The zero-order chi connectivity index (χ0) is 13.5. The van der Waals surface area contributed by atoms with Crippen LogP contribution in [-0.2, 0) is 11.3 Å². The molecule has 1 amide bonds. The van der Waals surface area contributed by atoms with Crippen LogP contribution in [0.2, 0.25) is 0 Å². The standard InChI is InChI=1S/C14H20N2O3/c1-15-6-2-3-14(17)16-10-11-4-5-12-13(9-11)19-8-7-18-12/h4-5,9,15H,2-3,6-8,10H2,1H3,(H,16,17). The van der Waals surface area contributed by atoms with E-state index in [1.165, 1.54) is 0 Å². The maximum absolute atomic E-state index is 11.6. The minimum Gasteiger partial charge on any atom is -0.486 e. The fourth-order valence-corrected chi connectivity index (χ4v) is 1.91. The Balaban J connectivity index is 1.81. The summed E-state index contributed by atoms with van der Waals surface area (Å²) in [5, 5.41) is 5.92. The maximum atomic E-state index is 11.6. The van der Waals surface area contributed by atoms with E-state index in [0.29, 0.717) is 26.2 Å². The van der Waals surface area contributed by atoms with Gasteiger partial charge in [0, 0.05) is 13.0 Å². The summed E-state index contributed by atoms with van der Waals surface area (Å²) in [5.74, 6) is 1.61. The van der Waals surface area contributed by atoms with Crippen molar-refractivity contribution in [3.8, 4) is 11.5 Å². The summed E-state index contributed by atoms with van der Waals surface area (Å²) in [5.41, 5.74) is 1.02. The zero-order valence-electron chi connectivity index (χ0n) is 11.2. The molecule has 19 heavy (non-hydrogen) atoms. The van der Waals surface area contributed by atoms with E-state index in [1.54, 1.807) is 0 Å². The molecule has 1 aliphatic heterocycles. The molecule has 0 atom stereocenters. The summed E-state index contributed by atoms with van der Waals surface area (Å²) in [6, 6.07) is 5.75. The van der Waals surface area contributed by atoms with E-state index < -0.39 is 0 Å². The minimum atomic E-state index is 0.0742. The number of benzene rings is 1.